The van der Waals surface area contributed by atoms with Gasteiger partial charge in [-0.1, -0.05) is 26.0 Å². The molecule has 3 aromatic rings. The van der Waals surface area contributed by atoms with Crippen molar-refractivity contribution < 1.29 is 4.79 Å². The van der Waals surface area contributed by atoms with Crippen LogP contribution in [0.1, 0.15) is 37.8 Å². The van der Waals surface area contributed by atoms with Crippen molar-refractivity contribution in [3.63, 3.8) is 0 Å². The Kier molecular flexibility index (Phi) is 5.31. The van der Waals surface area contributed by atoms with Gasteiger partial charge in [0.15, 0.2) is 5.82 Å². The first-order chi connectivity index (χ1) is 12.6. The summed E-state index contributed by atoms with van der Waals surface area (Å²) >= 11 is 0. The molecule has 1 aromatic carbocycles. The number of aromatic amines is 1. The average molecular weight is 353 g/mol. The minimum atomic E-state index is -0.264. The summed E-state index contributed by atoms with van der Waals surface area (Å²) in [5, 5.41) is 17.1. The summed E-state index contributed by atoms with van der Waals surface area (Å²) in [5.74, 6) is 1.45. The maximum atomic E-state index is 12.4. The molecule has 0 saturated heterocycles. The molecule has 3 N–H and O–H groups in total. The SMILES string of the molecule is CCc1nc(-c2cccc(NC(=O)N[C@H](CC)c3ccnn3C)c2)n[nH]1. The van der Waals surface area contributed by atoms with E-state index < -0.39 is 0 Å². The van der Waals surface area contributed by atoms with E-state index in [4.69, 9.17) is 0 Å². The summed E-state index contributed by atoms with van der Waals surface area (Å²) in [7, 11) is 1.86. The number of urea groups is 1. The third kappa shape index (κ3) is 3.90. The van der Waals surface area contributed by atoms with Gasteiger partial charge in [-0.2, -0.15) is 10.2 Å². The molecular formula is C18H23N7O. The minimum absolute atomic E-state index is 0.106. The molecule has 0 bridgehead atoms. The highest BCUT2D eigenvalue weighted by molar-refractivity contribution is 5.90. The Morgan fingerprint density at radius 3 is 2.81 bits per heavy atom. The lowest BCUT2D eigenvalue weighted by atomic mass is 10.1. The molecule has 0 saturated carbocycles. The van der Waals surface area contributed by atoms with Crippen LogP contribution in [-0.4, -0.2) is 31.0 Å². The van der Waals surface area contributed by atoms with Crippen LogP contribution in [0.25, 0.3) is 11.4 Å². The van der Waals surface area contributed by atoms with E-state index in [-0.39, 0.29) is 12.1 Å². The summed E-state index contributed by atoms with van der Waals surface area (Å²) in [6.45, 7) is 4.03. The Balaban J connectivity index is 1.69. The number of rotatable bonds is 6. The molecule has 0 aliphatic carbocycles. The number of nitrogens with zero attached hydrogens (tertiary/aromatic N) is 4. The molecule has 8 nitrogen and oxygen atoms in total. The molecule has 0 fully saturated rings. The predicted molar refractivity (Wildman–Crippen MR) is 99.6 cm³/mol. The molecule has 0 unspecified atom stereocenters. The second-order valence-corrected chi connectivity index (χ2v) is 5.98. The van der Waals surface area contributed by atoms with Crippen LogP contribution < -0.4 is 10.6 Å². The summed E-state index contributed by atoms with van der Waals surface area (Å²) in [6, 6.07) is 9.00. The van der Waals surface area contributed by atoms with E-state index in [0.717, 1.165) is 29.9 Å². The maximum absolute atomic E-state index is 12.4. The van der Waals surface area contributed by atoms with Crippen molar-refractivity contribution in [2.75, 3.05) is 5.32 Å². The molecule has 26 heavy (non-hydrogen) atoms. The van der Waals surface area contributed by atoms with Crippen LogP contribution in [-0.2, 0) is 13.5 Å². The normalized spacial score (nSPS) is 12.0. The second kappa shape index (κ2) is 7.81. The van der Waals surface area contributed by atoms with Gasteiger partial charge in [-0.25, -0.2) is 9.78 Å². The monoisotopic (exact) mass is 353 g/mol. The van der Waals surface area contributed by atoms with E-state index >= 15 is 0 Å². The smallest absolute Gasteiger partial charge is 0.319 e. The molecule has 0 spiro atoms. The van der Waals surface area contributed by atoms with Gasteiger partial charge in [0.25, 0.3) is 0 Å². The van der Waals surface area contributed by atoms with Crippen molar-refractivity contribution in [1.29, 1.82) is 0 Å². The van der Waals surface area contributed by atoms with Crippen molar-refractivity contribution in [1.82, 2.24) is 30.3 Å². The summed E-state index contributed by atoms with van der Waals surface area (Å²) < 4.78 is 1.77. The number of aryl methyl sites for hydroxylation is 2. The zero-order valence-corrected chi connectivity index (χ0v) is 15.2. The minimum Gasteiger partial charge on any atom is -0.330 e. The fraction of sp³-hybridized carbons (Fsp3) is 0.333. The molecule has 2 amide bonds. The Labute approximate surface area is 152 Å². The van der Waals surface area contributed by atoms with Crippen molar-refractivity contribution in [3.8, 4) is 11.4 Å². The number of aromatic nitrogens is 5. The third-order valence-electron chi connectivity index (χ3n) is 4.17. The number of carbonyl (C=O) groups excluding carboxylic acids is 1. The maximum Gasteiger partial charge on any atom is 0.319 e. The molecule has 2 heterocycles. The van der Waals surface area contributed by atoms with Gasteiger partial charge in [-0.05, 0) is 24.6 Å². The van der Waals surface area contributed by atoms with Crippen molar-refractivity contribution in [2.24, 2.45) is 7.05 Å². The molecule has 0 radical (unpaired) electrons. The van der Waals surface area contributed by atoms with Crippen LogP contribution in [0.5, 0.6) is 0 Å². The number of anilines is 1. The van der Waals surface area contributed by atoms with Gasteiger partial charge < -0.3 is 10.6 Å². The molecule has 2 aromatic heterocycles. The topological polar surface area (TPSA) is 101 Å². The van der Waals surface area contributed by atoms with Crippen LogP contribution >= 0.6 is 0 Å². The van der Waals surface area contributed by atoms with Crippen LogP contribution in [0, 0.1) is 0 Å². The molecule has 0 aliphatic rings. The summed E-state index contributed by atoms with van der Waals surface area (Å²) in [5.41, 5.74) is 2.49. The fourth-order valence-electron chi connectivity index (χ4n) is 2.76. The zero-order valence-electron chi connectivity index (χ0n) is 15.2. The lowest BCUT2D eigenvalue weighted by Gasteiger charge is -2.18. The molecule has 8 heteroatoms. The van der Waals surface area contributed by atoms with Crippen LogP contribution in [0.15, 0.2) is 36.5 Å². The molecule has 0 aliphatic heterocycles. The molecule has 1 atom stereocenters. The second-order valence-electron chi connectivity index (χ2n) is 5.98. The van der Waals surface area contributed by atoms with Gasteiger partial charge >= 0.3 is 6.03 Å². The summed E-state index contributed by atoms with van der Waals surface area (Å²) in [4.78, 5) is 16.8. The first kappa shape index (κ1) is 17.7. The van der Waals surface area contributed by atoms with Gasteiger partial charge in [-0.3, -0.25) is 9.78 Å². The van der Waals surface area contributed by atoms with Crippen LogP contribution in [0.2, 0.25) is 0 Å². The van der Waals surface area contributed by atoms with Crippen LogP contribution in [0.4, 0.5) is 10.5 Å². The van der Waals surface area contributed by atoms with Crippen LogP contribution in [0.3, 0.4) is 0 Å². The van der Waals surface area contributed by atoms with Crippen molar-refractivity contribution in [3.05, 3.63) is 48.0 Å². The highest BCUT2D eigenvalue weighted by atomic mass is 16.2. The largest absolute Gasteiger partial charge is 0.330 e. The third-order valence-corrected chi connectivity index (χ3v) is 4.17. The predicted octanol–water partition coefficient (Wildman–Crippen LogP) is 3.04. The van der Waals surface area contributed by atoms with Crippen molar-refractivity contribution >= 4 is 11.7 Å². The lowest BCUT2D eigenvalue weighted by molar-refractivity contribution is 0.247. The Hall–Kier alpha value is -3.16. The Morgan fingerprint density at radius 1 is 1.31 bits per heavy atom. The van der Waals surface area contributed by atoms with Crippen molar-refractivity contribution in [2.45, 2.75) is 32.7 Å². The van der Waals surface area contributed by atoms with Gasteiger partial charge in [0.05, 0.1) is 11.7 Å². The van der Waals surface area contributed by atoms with Gasteiger partial charge in [0.1, 0.15) is 5.82 Å². The quantitative estimate of drug-likeness (QED) is 0.634. The number of amides is 2. The zero-order chi connectivity index (χ0) is 18.5. The number of carbonyl (C=O) groups is 1. The fourth-order valence-corrected chi connectivity index (χ4v) is 2.76. The van der Waals surface area contributed by atoms with E-state index in [9.17, 15) is 4.79 Å². The van der Waals surface area contributed by atoms with Gasteiger partial charge in [0, 0.05) is 30.9 Å². The van der Waals surface area contributed by atoms with E-state index in [2.05, 4.69) is 30.9 Å². The van der Waals surface area contributed by atoms with E-state index in [1.54, 1.807) is 10.9 Å². The highest BCUT2D eigenvalue weighted by Crippen LogP contribution is 2.20. The first-order valence-corrected chi connectivity index (χ1v) is 8.67. The van der Waals surface area contributed by atoms with Gasteiger partial charge in [-0.15, -0.1) is 0 Å². The Bertz CT molecular complexity index is 883. The average Bonchev–Trinajstić information content (AvgIpc) is 3.29. The standard InChI is InChI=1S/C18H23N7O/c1-4-14(15-9-10-19-25(15)3)21-18(26)20-13-8-6-7-12(11-13)17-22-16(5-2)23-24-17/h6-11,14H,4-5H2,1-3H3,(H2,20,21,26)(H,22,23,24)/t14-/m1/s1. The van der Waals surface area contributed by atoms with Gasteiger partial charge in [0.2, 0.25) is 0 Å². The molecule has 136 valence electrons. The molecule has 3 rings (SSSR count). The number of H-pyrrole nitrogens is 1. The lowest BCUT2D eigenvalue weighted by Crippen LogP contribution is -2.33. The number of hydrogen-bond donors (Lipinski definition) is 3. The van der Waals surface area contributed by atoms with E-state index in [1.807, 2.05) is 51.2 Å². The van der Waals surface area contributed by atoms with E-state index in [0.29, 0.717) is 11.5 Å². The number of hydrogen-bond acceptors (Lipinski definition) is 4. The first-order valence-electron chi connectivity index (χ1n) is 8.67. The molecular weight excluding hydrogens is 330 g/mol. The number of nitrogens with one attached hydrogen (secondary N) is 3. The highest BCUT2D eigenvalue weighted by Gasteiger charge is 2.16. The Morgan fingerprint density at radius 2 is 2.15 bits per heavy atom. The summed E-state index contributed by atoms with van der Waals surface area (Å²) in [6.07, 6.45) is 3.28. The van der Waals surface area contributed by atoms with E-state index in [1.165, 1.54) is 0 Å². The number of benzene rings is 1.